The lowest BCUT2D eigenvalue weighted by molar-refractivity contribution is 1.44. The molecule has 1 heterocycles. The molecule has 2 nitrogen and oxygen atoms in total. The highest BCUT2D eigenvalue weighted by Gasteiger charge is 1.88. The van der Waals surface area contributed by atoms with Crippen molar-refractivity contribution in [2.45, 2.75) is 0 Å². The normalized spacial score (nSPS) is 8.38. The molecule has 0 fully saturated rings. The molecule has 1 aromatic rings. The van der Waals surface area contributed by atoms with Gasteiger partial charge in [-0.25, -0.2) is 0 Å². The Hall–Kier alpha value is -1.17. The van der Waals surface area contributed by atoms with Crippen LogP contribution in [0.4, 0.5) is 0 Å². The van der Waals surface area contributed by atoms with E-state index in [1.807, 2.05) is 6.07 Å². The molecule has 0 unspecified atom stereocenters. The van der Waals surface area contributed by atoms with E-state index in [2.05, 4.69) is 4.98 Å². The molecule has 0 aliphatic carbocycles. The number of nitriles is 1. The van der Waals surface area contributed by atoms with Gasteiger partial charge < -0.3 is 4.98 Å². The van der Waals surface area contributed by atoms with Crippen molar-refractivity contribution in [2.24, 2.45) is 0 Å². The molecule has 8 heavy (non-hydrogen) atoms. The van der Waals surface area contributed by atoms with Crippen LogP contribution >= 0.6 is 0 Å². The van der Waals surface area contributed by atoms with Crippen LogP contribution in [-0.2, 0) is 0 Å². The Morgan fingerprint density at radius 3 is 2.75 bits per heavy atom. The Morgan fingerprint density at radius 2 is 2.50 bits per heavy atom. The van der Waals surface area contributed by atoms with Crippen LogP contribution in [0.3, 0.4) is 0 Å². The predicted molar refractivity (Wildman–Crippen MR) is 30.9 cm³/mol. The maximum Gasteiger partial charge on any atom is 0.138 e. The van der Waals surface area contributed by atoms with Gasteiger partial charge in [0.15, 0.2) is 0 Å². The van der Waals surface area contributed by atoms with Crippen molar-refractivity contribution in [3.8, 4) is 6.07 Å². The second-order valence-corrected chi connectivity index (χ2v) is 1.46. The second kappa shape index (κ2) is 1.75. The molecular formula is C5H3BN2. The maximum absolute atomic E-state index is 8.23. The van der Waals surface area contributed by atoms with E-state index in [-0.39, 0.29) is 0 Å². The highest BCUT2D eigenvalue weighted by Crippen LogP contribution is 1.87. The molecule has 1 aromatic heterocycles. The Morgan fingerprint density at radius 1 is 1.75 bits per heavy atom. The lowest BCUT2D eigenvalue weighted by Gasteiger charge is -1.70. The van der Waals surface area contributed by atoms with Gasteiger partial charge in [-0.3, -0.25) is 0 Å². The molecule has 0 saturated carbocycles. The first-order chi connectivity index (χ1) is 3.83. The number of rotatable bonds is 0. The van der Waals surface area contributed by atoms with Crippen LogP contribution in [0.5, 0.6) is 0 Å². The van der Waals surface area contributed by atoms with Gasteiger partial charge in [-0.1, -0.05) is 0 Å². The average Bonchev–Trinajstić information content (AvgIpc) is 2.14. The molecule has 0 atom stereocenters. The molecule has 0 spiro atoms. The van der Waals surface area contributed by atoms with Gasteiger partial charge in [-0.05, 0) is 11.7 Å². The van der Waals surface area contributed by atoms with Gasteiger partial charge in [0.2, 0.25) is 0 Å². The summed E-state index contributed by atoms with van der Waals surface area (Å²) in [5.74, 6) is 0. The van der Waals surface area contributed by atoms with Crippen LogP contribution in [0.15, 0.2) is 12.3 Å². The van der Waals surface area contributed by atoms with E-state index in [1.165, 1.54) is 0 Å². The summed E-state index contributed by atoms with van der Waals surface area (Å²) in [6, 6.07) is 3.52. The monoisotopic (exact) mass is 102 g/mol. The van der Waals surface area contributed by atoms with E-state index in [1.54, 1.807) is 12.3 Å². The lowest BCUT2D eigenvalue weighted by Crippen LogP contribution is -1.99. The molecule has 0 amide bonds. The fourth-order valence-electron chi connectivity index (χ4n) is 0.476. The smallest absolute Gasteiger partial charge is 0.138 e. The zero-order chi connectivity index (χ0) is 5.98. The molecule has 0 aromatic carbocycles. The van der Waals surface area contributed by atoms with E-state index >= 15 is 0 Å². The van der Waals surface area contributed by atoms with Crippen molar-refractivity contribution in [2.75, 3.05) is 0 Å². The van der Waals surface area contributed by atoms with Gasteiger partial charge in [0.25, 0.3) is 0 Å². The standard InChI is InChI=1S/C5H3BN2/c6-5-1-4(2-7)3-8-5/h1,3,8H. The Kier molecular flexibility index (Phi) is 1.09. The number of aromatic nitrogens is 1. The summed E-state index contributed by atoms with van der Waals surface area (Å²) in [6.45, 7) is 0. The van der Waals surface area contributed by atoms with Crippen LogP contribution < -0.4 is 5.59 Å². The first kappa shape index (κ1) is 4.98. The minimum absolute atomic E-state index is 0.529. The van der Waals surface area contributed by atoms with Gasteiger partial charge in [-0.2, -0.15) is 5.26 Å². The van der Waals surface area contributed by atoms with Crippen molar-refractivity contribution >= 4 is 13.4 Å². The summed E-state index contributed by atoms with van der Waals surface area (Å²) >= 11 is 0. The zero-order valence-electron chi connectivity index (χ0n) is 4.18. The molecule has 0 aliphatic heterocycles. The zero-order valence-corrected chi connectivity index (χ0v) is 4.18. The number of hydrogen-bond donors (Lipinski definition) is 1. The van der Waals surface area contributed by atoms with Crippen molar-refractivity contribution in [3.63, 3.8) is 0 Å². The highest BCUT2D eigenvalue weighted by molar-refractivity contribution is 6.30. The number of nitrogens with zero attached hydrogens (tertiary/aromatic N) is 1. The van der Waals surface area contributed by atoms with E-state index < -0.39 is 0 Å². The first-order valence-electron chi connectivity index (χ1n) is 2.17. The fraction of sp³-hybridized carbons (Fsp3) is 0. The van der Waals surface area contributed by atoms with E-state index in [0.717, 1.165) is 0 Å². The van der Waals surface area contributed by atoms with Crippen LogP contribution in [0.25, 0.3) is 0 Å². The largest absolute Gasteiger partial charge is 0.373 e. The first-order valence-corrected chi connectivity index (χ1v) is 2.17. The summed E-state index contributed by atoms with van der Waals surface area (Å²) in [5.41, 5.74) is 1.10. The lowest BCUT2D eigenvalue weighted by atomic mass is 10.1. The molecule has 0 saturated heterocycles. The summed E-state index contributed by atoms with van der Waals surface area (Å²) in [7, 11) is 5.25. The quantitative estimate of drug-likeness (QED) is 0.448. The molecule has 1 N–H and O–H groups in total. The van der Waals surface area contributed by atoms with E-state index in [0.29, 0.717) is 11.2 Å². The Labute approximate surface area is 48.5 Å². The summed E-state index contributed by atoms with van der Waals surface area (Å²) in [4.78, 5) is 2.67. The van der Waals surface area contributed by atoms with Crippen molar-refractivity contribution in [3.05, 3.63) is 17.8 Å². The third-order valence-corrected chi connectivity index (χ3v) is 0.834. The van der Waals surface area contributed by atoms with Crippen molar-refractivity contribution < 1.29 is 0 Å². The number of hydrogen-bond acceptors (Lipinski definition) is 1. The molecule has 1 rings (SSSR count). The molecule has 0 bridgehead atoms. The molecule has 0 aliphatic rings. The van der Waals surface area contributed by atoms with Gasteiger partial charge >= 0.3 is 0 Å². The molecule has 3 heteroatoms. The van der Waals surface area contributed by atoms with E-state index in [9.17, 15) is 0 Å². The van der Waals surface area contributed by atoms with Crippen LogP contribution in [-0.4, -0.2) is 12.8 Å². The van der Waals surface area contributed by atoms with Gasteiger partial charge in [-0.15, -0.1) is 0 Å². The number of H-pyrrole nitrogens is 1. The Bertz CT molecular complexity index is 221. The number of aromatic amines is 1. The fourth-order valence-corrected chi connectivity index (χ4v) is 0.476. The highest BCUT2D eigenvalue weighted by atomic mass is 14.7. The van der Waals surface area contributed by atoms with Gasteiger partial charge in [0.05, 0.1) is 5.56 Å². The summed E-state index contributed by atoms with van der Waals surface area (Å²) in [6.07, 6.45) is 1.56. The van der Waals surface area contributed by atoms with E-state index in [4.69, 9.17) is 13.1 Å². The Balaban J connectivity index is 3.05. The summed E-state index contributed by atoms with van der Waals surface area (Å²) < 4.78 is 0. The molecule has 36 valence electrons. The average molecular weight is 102 g/mol. The SMILES string of the molecule is [B]c1cc(C#N)c[nH]1. The third kappa shape index (κ3) is 0.735. The van der Waals surface area contributed by atoms with Gasteiger partial charge in [0.1, 0.15) is 13.9 Å². The van der Waals surface area contributed by atoms with Crippen molar-refractivity contribution in [1.82, 2.24) is 4.98 Å². The summed E-state index contributed by atoms with van der Waals surface area (Å²) in [5, 5.41) is 8.23. The van der Waals surface area contributed by atoms with Crippen LogP contribution in [0.1, 0.15) is 5.56 Å². The predicted octanol–water partition coefficient (Wildman–Crippen LogP) is -0.320. The second-order valence-electron chi connectivity index (χ2n) is 1.46. The minimum Gasteiger partial charge on any atom is -0.373 e. The van der Waals surface area contributed by atoms with Crippen molar-refractivity contribution in [1.29, 1.82) is 5.26 Å². The number of nitrogens with one attached hydrogen (secondary N) is 1. The molecular weight excluding hydrogens is 98.9 g/mol. The van der Waals surface area contributed by atoms with Crippen LogP contribution in [0, 0.1) is 11.3 Å². The maximum atomic E-state index is 8.23. The van der Waals surface area contributed by atoms with Gasteiger partial charge in [0, 0.05) is 6.20 Å². The van der Waals surface area contributed by atoms with Crippen LogP contribution in [0.2, 0.25) is 0 Å². The minimum atomic E-state index is 0.529. The molecule has 2 radical (unpaired) electrons. The third-order valence-electron chi connectivity index (χ3n) is 0.834. The topological polar surface area (TPSA) is 39.6 Å².